The largest absolute Gasteiger partial charge is 0.497 e. The zero-order chi connectivity index (χ0) is 19.5. The maximum Gasteiger partial charge on any atom is 0.272 e. The second-order valence-corrected chi connectivity index (χ2v) is 7.07. The Morgan fingerprint density at radius 3 is 2.50 bits per heavy atom. The van der Waals surface area contributed by atoms with Gasteiger partial charge in [0.15, 0.2) is 0 Å². The first-order valence-electron chi connectivity index (χ1n) is 8.67. The average molecular weight is 391 g/mol. The predicted molar refractivity (Wildman–Crippen MR) is 109 cm³/mol. The van der Waals surface area contributed by atoms with Gasteiger partial charge in [0.1, 0.15) is 11.5 Å². The van der Waals surface area contributed by atoms with Crippen molar-refractivity contribution in [3.8, 4) is 5.75 Å². The van der Waals surface area contributed by atoms with E-state index in [-0.39, 0.29) is 11.8 Å². The minimum atomic E-state index is -0.341. The Bertz CT molecular complexity index is 1040. The second-order valence-electron chi connectivity index (χ2n) is 6.09. The number of hydrogen-bond donors (Lipinski definition) is 0. The Morgan fingerprint density at radius 1 is 0.964 bits per heavy atom. The Balaban J connectivity index is 1.74. The standard InChI is InChI=1S/C22H17NO4S/c1-26-17-10-5-9-16(13-17)23-21(24)19(15-7-3-2-4-8-15)20(22(23)25)28-14-18-11-6-12-27-18/h2-13H,14H2,1H3. The van der Waals surface area contributed by atoms with Gasteiger partial charge in [-0.3, -0.25) is 9.59 Å². The molecular formula is C22H17NO4S. The van der Waals surface area contributed by atoms with E-state index in [9.17, 15) is 9.59 Å². The van der Waals surface area contributed by atoms with E-state index in [2.05, 4.69) is 0 Å². The summed E-state index contributed by atoms with van der Waals surface area (Å²) < 4.78 is 10.6. The molecule has 3 aromatic rings. The van der Waals surface area contributed by atoms with Crippen LogP contribution in [-0.2, 0) is 15.3 Å². The van der Waals surface area contributed by atoms with Gasteiger partial charge in [0.05, 0.1) is 35.3 Å². The third-order valence-electron chi connectivity index (χ3n) is 4.35. The van der Waals surface area contributed by atoms with E-state index in [1.165, 1.54) is 16.7 Å². The summed E-state index contributed by atoms with van der Waals surface area (Å²) in [4.78, 5) is 28.1. The normalized spacial score (nSPS) is 14.1. The number of furan rings is 1. The Hall–Kier alpha value is -3.25. The summed E-state index contributed by atoms with van der Waals surface area (Å²) in [6.45, 7) is 0. The lowest BCUT2D eigenvalue weighted by Gasteiger charge is -2.16. The molecule has 0 saturated heterocycles. The molecule has 0 N–H and O–H groups in total. The molecule has 5 nitrogen and oxygen atoms in total. The first kappa shape index (κ1) is 18.1. The second kappa shape index (κ2) is 7.78. The molecule has 2 heterocycles. The van der Waals surface area contributed by atoms with Gasteiger partial charge in [0.25, 0.3) is 11.8 Å². The minimum Gasteiger partial charge on any atom is -0.497 e. The maximum atomic E-state index is 13.3. The van der Waals surface area contributed by atoms with Crippen LogP contribution >= 0.6 is 11.8 Å². The fourth-order valence-electron chi connectivity index (χ4n) is 3.03. The van der Waals surface area contributed by atoms with Gasteiger partial charge in [-0.2, -0.15) is 0 Å². The van der Waals surface area contributed by atoms with Gasteiger partial charge in [-0.25, -0.2) is 4.90 Å². The van der Waals surface area contributed by atoms with E-state index in [4.69, 9.17) is 9.15 Å². The van der Waals surface area contributed by atoms with E-state index in [1.807, 2.05) is 36.4 Å². The van der Waals surface area contributed by atoms with Crippen molar-refractivity contribution in [2.45, 2.75) is 5.75 Å². The number of methoxy groups -OCH3 is 1. The number of nitrogens with zero attached hydrogens (tertiary/aromatic N) is 1. The molecule has 140 valence electrons. The Labute approximate surface area is 166 Å². The number of rotatable bonds is 6. The molecule has 0 fully saturated rings. The third-order valence-corrected chi connectivity index (χ3v) is 5.45. The van der Waals surface area contributed by atoms with Crippen LogP contribution in [0.15, 0.2) is 82.3 Å². The average Bonchev–Trinajstić information content (AvgIpc) is 3.33. The number of carbonyl (C=O) groups excluding carboxylic acids is 2. The summed E-state index contributed by atoms with van der Waals surface area (Å²) in [5.41, 5.74) is 1.61. The van der Waals surface area contributed by atoms with Crippen LogP contribution < -0.4 is 9.64 Å². The van der Waals surface area contributed by atoms with Gasteiger partial charge >= 0.3 is 0 Å². The molecule has 0 spiro atoms. The first-order valence-corrected chi connectivity index (χ1v) is 9.65. The number of benzene rings is 2. The number of carbonyl (C=O) groups is 2. The molecule has 0 saturated carbocycles. The number of imide groups is 1. The third kappa shape index (κ3) is 3.34. The van der Waals surface area contributed by atoms with Gasteiger partial charge in [0.2, 0.25) is 0 Å². The highest BCUT2D eigenvalue weighted by atomic mass is 32.2. The monoisotopic (exact) mass is 391 g/mol. The topological polar surface area (TPSA) is 59.8 Å². The molecule has 0 unspecified atom stereocenters. The molecule has 0 bridgehead atoms. The van der Waals surface area contributed by atoms with Crippen molar-refractivity contribution in [1.29, 1.82) is 0 Å². The summed E-state index contributed by atoms with van der Waals surface area (Å²) in [7, 11) is 1.55. The van der Waals surface area contributed by atoms with Crippen LogP contribution in [0.2, 0.25) is 0 Å². The smallest absolute Gasteiger partial charge is 0.272 e. The SMILES string of the molecule is COc1cccc(N2C(=O)C(SCc3ccco3)=C(c3ccccc3)C2=O)c1. The van der Waals surface area contributed by atoms with Crippen molar-refractivity contribution in [1.82, 2.24) is 0 Å². The summed E-state index contributed by atoms with van der Waals surface area (Å²) >= 11 is 1.31. The summed E-state index contributed by atoms with van der Waals surface area (Å²) in [5.74, 6) is 1.10. The lowest BCUT2D eigenvalue weighted by molar-refractivity contribution is -0.119. The molecule has 1 aliphatic heterocycles. The van der Waals surface area contributed by atoms with E-state index >= 15 is 0 Å². The molecule has 1 aromatic heterocycles. The molecule has 0 aliphatic carbocycles. The highest BCUT2D eigenvalue weighted by Crippen LogP contribution is 2.40. The number of hydrogen-bond acceptors (Lipinski definition) is 5. The fourth-order valence-corrected chi connectivity index (χ4v) is 4.04. The van der Waals surface area contributed by atoms with Gasteiger partial charge < -0.3 is 9.15 Å². The Kier molecular flexibility index (Phi) is 5.04. The van der Waals surface area contributed by atoms with Crippen molar-refractivity contribution >= 4 is 34.8 Å². The van der Waals surface area contributed by atoms with Crippen molar-refractivity contribution < 1.29 is 18.7 Å². The first-order chi connectivity index (χ1) is 13.7. The molecule has 2 amide bonds. The van der Waals surface area contributed by atoms with Crippen LogP contribution in [0, 0.1) is 0 Å². The van der Waals surface area contributed by atoms with Crippen LogP contribution in [-0.4, -0.2) is 18.9 Å². The highest BCUT2D eigenvalue weighted by Gasteiger charge is 2.40. The number of ether oxygens (including phenoxy) is 1. The number of thioether (sulfide) groups is 1. The van der Waals surface area contributed by atoms with Crippen LogP contribution in [0.25, 0.3) is 5.57 Å². The van der Waals surface area contributed by atoms with Crippen LogP contribution in [0.4, 0.5) is 5.69 Å². The van der Waals surface area contributed by atoms with Crippen LogP contribution in [0.1, 0.15) is 11.3 Å². The quantitative estimate of drug-likeness (QED) is 0.579. The summed E-state index contributed by atoms with van der Waals surface area (Å²) in [5, 5.41) is 0. The zero-order valence-electron chi connectivity index (χ0n) is 15.1. The predicted octanol–water partition coefficient (Wildman–Crippen LogP) is 4.51. The van der Waals surface area contributed by atoms with E-state index < -0.39 is 0 Å². The summed E-state index contributed by atoms with van der Waals surface area (Å²) in [6.07, 6.45) is 1.59. The van der Waals surface area contributed by atoms with Gasteiger partial charge in [-0.15, -0.1) is 11.8 Å². The van der Waals surface area contributed by atoms with Gasteiger partial charge in [-0.05, 0) is 29.8 Å². The van der Waals surface area contributed by atoms with Crippen molar-refractivity contribution in [2.75, 3.05) is 12.0 Å². The van der Waals surface area contributed by atoms with Crippen molar-refractivity contribution in [3.05, 3.63) is 89.2 Å². The molecule has 6 heteroatoms. The van der Waals surface area contributed by atoms with E-state index in [0.717, 1.165) is 5.76 Å². The molecule has 0 atom stereocenters. The highest BCUT2D eigenvalue weighted by molar-refractivity contribution is 8.03. The van der Waals surface area contributed by atoms with Crippen LogP contribution in [0.5, 0.6) is 5.75 Å². The lowest BCUT2D eigenvalue weighted by Crippen LogP contribution is -2.31. The lowest BCUT2D eigenvalue weighted by atomic mass is 10.1. The van der Waals surface area contributed by atoms with Crippen molar-refractivity contribution in [3.63, 3.8) is 0 Å². The van der Waals surface area contributed by atoms with E-state index in [0.29, 0.717) is 33.2 Å². The number of anilines is 1. The van der Waals surface area contributed by atoms with Gasteiger partial charge in [-0.1, -0.05) is 36.4 Å². The zero-order valence-corrected chi connectivity index (χ0v) is 15.9. The molecule has 1 aliphatic rings. The van der Waals surface area contributed by atoms with Gasteiger partial charge in [0, 0.05) is 6.07 Å². The molecule has 2 aromatic carbocycles. The van der Waals surface area contributed by atoms with Crippen molar-refractivity contribution in [2.24, 2.45) is 0 Å². The molecule has 28 heavy (non-hydrogen) atoms. The molecular weight excluding hydrogens is 374 g/mol. The Morgan fingerprint density at radius 2 is 1.79 bits per heavy atom. The maximum absolute atomic E-state index is 13.3. The number of amides is 2. The van der Waals surface area contributed by atoms with Crippen LogP contribution in [0.3, 0.4) is 0 Å². The molecule has 0 radical (unpaired) electrons. The minimum absolute atomic E-state index is 0.339. The summed E-state index contributed by atoms with van der Waals surface area (Å²) in [6, 6.07) is 19.8. The van der Waals surface area contributed by atoms with E-state index in [1.54, 1.807) is 43.7 Å². The molecule has 4 rings (SSSR count). The fraction of sp³-hybridized carbons (Fsp3) is 0.0909.